The first-order valence-corrected chi connectivity index (χ1v) is 6.41. The fourth-order valence-electron chi connectivity index (χ4n) is 0.666. The van der Waals surface area contributed by atoms with E-state index in [0.717, 1.165) is 18.1 Å². The van der Waals surface area contributed by atoms with Crippen LogP contribution in [-0.4, -0.2) is 18.1 Å². The summed E-state index contributed by atoms with van der Waals surface area (Å²) in [5, 5.41) is 1.48. The molecular weight excluding hydrogens is 140 g/mol. The Morgan fingerprint density at radius 1 is 1.11 bits per heavy atom. The topological polar surface area (TPSA) is 0 Å². The highest BCUT2D eigenvalue weighted by Crippen LogP contribution is 1.79. The first-order chi connectivity index (χ1) is 4.43. The third kappa shape index (κ3) is 2.16. The molecule has 0 aliphatic carbocycles. The molecule has 0 atom stereocenters. The number of rotatable bonds is 2. The van der Waals surface area contributed by atoms with Crippen molar-refractivity contribution in [2.75, 3.05) is 0 Å². The minimum atomic E-state index is 1.01. The van der Waals surface area contributed by atoms with Gasteiger partial charge in [0.25, 0.3) is 0 Å². The molecule has 44 valence electrons. The van der Waals surface area contributed by atoms with E-state index in [9.17, 15) is 0 Å². The molecule has 0 fully saturated rings. The van der Waals surface area contributed by atoms with Crippen molar-refractivity contribution < 1.29 is 0 Å². The summed E-state index contributed by atoms with van der Waals surface area (Å²) in [4.78, 5) is 0. The van der Waals surface area contributed by atoms with Crippen LogP contribution in [0.15, 0.2) is 30.3 Å². The zero-order valence-electron chi connectivity index (χ0n) is 5.39. The van der Waals surface area contributed by atoms with Gasteiger partial charge in [0.15, 0.2) is 0 Å². The summed E-state index contributed by atoms with van der Waals surface area (Å²) < 4.78 is 0. The van der Waals surface area contributed by atoms with E-state index in [4.69, 9.17) is 0 Å². The van der Waals surface area contributed by atoms with E-state index in [2.05, 4.69) is 36.9 Å². The summed E-state index contributed by atoms with van der Waals surface area (Å²) in [6, 6.07) is 10.6. The van der Waals surface area contributed by atoms with Crippen molar-refractivity contribution in [1.29, 1.82) is 0 Å². The van der Waals surface area contributed by atoms with Gasteiger partial charge in [0, 0.05) is 9.04 Å². The molecule has 0 aliphatic rings. The van der Waals surface area contributed by atoms with Gasteiger partial charge in [-0.1, -0.05) is 42.1 Å². The molecule has 0 N–H and O–H groups in total. The van der Waals surface area contributed by atoms with Gasteiger partial charge in [0.05, 0.1) is 9.04 Å². The summed E-state index contributed by atoms with van der Waals surface area (Å²) in [6.45, 7) is 2.24. The lowest BCUT2D eigenvalue weighted by Gasteiger charge is -1.91. The van der Waals surface area contributed by atoms with Gasteiger partial charge in [0.1, 0.15) is 0 Å². The highest BCUT2D eigenvalue weighted by molar-refractivity contribution is 7.06. The SMILES string of the molecule is C[Si][Si]c1ccccc1. The third-order valence-corrected chi connectivity index (χ3v) is 3.53. The average molecular weight is 148 g/mol. The van der Waals surface area contributed by atoms with Crippen molar-refractivity contribution in [1.82, 2.24) is 0 Å². The molecule has 1 aromatic rings. The third-order valence-electron chi connectivity index (χ3n) is 1.04. The van der Waals surface area contributed by atoms with Crippen molar-refractivity contribution in [3.8, 4) is 0 Å². The highest BCUT2D eigenvalue weighted by Gasteiger charge is 1.87. The van der Waals surface area contributed by atoms with Gasteiger partial charge in [-0.3, -0.25) is 0 Å². The Balaban J connectivity index is 2.61. The van der Waals surface area contributed by atoms with Crippen LogP contribution in [0.4, 0.5) is 0 Å². The first kappa shape index (κ1) is 6.77. The van der Waals surface area contributed by atoms with Crippen LogP contribution in [-0.2, 0) is 0 Å². The van der Waals surface area contributed by atoms with E-state index >= 15 is 0 Å². The molecule has 4 radical (unpaired) electrons. The van der Waals surface area contributed by atoms with E-state index in [1.165, 1.54) is 5.19 Å². The fraction of sp³-hybridized carbons (Fsp3) is 0.143. The molecule has 0 aromatic heterocycles. The fourth-order valence-corrected chi connectivity index (χ4v) is 2.68. The summed E-state index contributed by atoms with van der Waals surface area (Å²) >= 11 is 0. The van der Waals surface area contributed by atoms with Crippen LogP contribution in [0.3, 0.4) is 0 Å². The maximum atomic E-state index is 2.24. The van der Waals surface area contributed by atoms with Gasteiger partial charge in [-0.15, -0.1) is 0 Å². The largest absolute Gasteiger partial charge is 0.0755 e. The second kappa shape index (κ2) is 3.64. The Hall–Kier alpha value is -0.346. The van der Waals surface area contributed by atoms with Crippen molar-refractivity contribution in [3.05, 3.63) is 30.3 Å². The normalized spacial score (nSPS) is 9.44. The van der Waals surface area contributed by atoms with E-state index in [-0.39, 0.29) is 0 Å². The maximum Gasteiger partial charge on any atom is 0.0642 e. The number of benzene rings is 1. The standard InChI is InChI=1S/C7H8Si2/c1-8-9-7-5-3-2-4-6-7/h2-6H,1H3. The Morgan fingerprint density at radius 3 is 2.33 bits per heavy atom. The Bertz CT molecular complexity index is 160. The predicted octanol–water partition coefficient (Wildman–Crippen LogP) is 0.683. The lowest BCUT2D eigenvalue weighted by Crippen LogP contribution is -2.17. The van der Waals surface area contributed by atoms with E-state index in [0.29, 0.717) is 0 Å². The Labute approximate surface area is 60.7 Å². The molecule has 0 spiro atoms. The Morgan fingerprint density at radius 2 is 1.78 bits per heavy atom. The van der Waals surface area contributed by atoms with Crippen LogP contribution in [0.5, 0.6) is 0 Å². The van der Waals surface area contributed by atoms with Crippen LogP contribution < -0.4 is 5.19 Å². The lowest BCUT2D eigenvalue weighted by atomic mass is 10.4. The second-order valence-corrected chi connectivity index (χ2v) is 5.32. The Kier molecular flexibility index (Phi) is 2.73. The molecule has 0 saturated heterocycles. The summed E-state index contributed by atoms with van der Waals surface area (Å²) in [5.41, 5.74) is 0. The van der Waals surface area contributed by atoms with Crippen LogP contribution in [0.25, 0.3) is 0 Å². The van der Waals surface area contributed by atoms with Gasteiger partial charge < -0.3 is 0 Å². The predicted molar refractivity (Wildman–Crippen MR) is 43.4 cm³/mol. The smallest absolute Gasteiger partial charge is 0.0642 e. The van der Waals surface area contributed by atoms with Gasteiger partial charge in [-0.05, 0) is 0 Å². The van der Waals surface area contributed by atoms with Gasteiger partial charge in [0.2, 0.25) is 0 Å². The van der Waals surface area contributed by atoms with Gasteiger partial charge in [-0.2, -0.15) is 0 Å². The van der Waals surface area contributed by atoms with Crippen LogP contribution in [0.2, 0.25) is 6.55 Å². The molecule has 0 heterocycles. The molecule has 0 bridgehead atoms. The summed E-state index contributed by atoms with van der Waals surface area (Å²) in [5.74, 6) is 0. The minimum absolute atomic E-state index is 1.01. The second-order valence-electron chi connectivity index (χ2n) is 1.74. The van der Waals surface area contributed by atoms with E-state index in [1.807, 2.05) is 0 Å². The van der Waals surface area contributed by atoms with Crippen molar-refractivity contribution in [3.63, 3.8) is 0 Å². The molecular formula is C7H8Si2. The molecule has 2 heteroatoms. The average Bonchev–Trinajstić information content (AvgIpc) is 1.91. The summed E-state index contributed by atoms with van der Waals surface area (Å²) in [7, 11) is 2.08. The van der Waals surface area contributed by atoms with Gasteiger partial charge in [-0.25, -0.2) is 0 Å². The van der Waals surface area contributed by atoms with E-state index < -0.39 is 0 Å². The molecule has 0 aliphatic heterocycles. The molecule has 0 unspecified atom stereocenters. The van der Waals surface area contributed by atoms with Crippen LogP contribution in [0, 0.1) is 0 Å². The molecule has 0 amide bonds. The van der Waals surface area contributed by atoms with Crippen molar-refractivity contribution in [2.24, 2.45) is 0 Å². The van der Waals surface area contributed by atoms with Gasteiger partial charge >= 0.3 is 0 Å². The highest BCUT2D eigenvalue weighted by atomic mass is 29.1. The molecule has 0 nitrogen and oxygen atoms in total. The number of hydrogen-bond acceptors (Lipinski definition) is 0. The molecule has 1 rings (SSSR count). The van der Waals surface area contributed by atoms with E-state index in [1.54, 1.807) is 0 Å². The van der Waals surface area contributed by atoms with Crippen LogP contribution in [0.1, 0.15) is 0 Å². The zero-order valence-corrected chi connectivity index (χ0v) is 7.39. The van der Waals surface area contributed by atoms with Crippen molar-refractivity contribution >= 4 is 23.3 Å². The minimum Gasteiger partial charge on any atom is -0.0755 e. The van der Waals surface area contributed by atoms with Crippen molar-refractivity contribution in [2.45, 2.75) is 6.55 Å². The maximum absolute atomic E-state index is 2.24. The quantitative estimate of drug-likeness (QED) is 0.541. The monoisotopic (exact) mass is 148 g/mol. The lowest BCUT2D eigenvalue weighted by molar-refractivity contribution is 1.77. The number of hydrogen-bond donors (Lipinski definition) is 0. The summed E-state index contributed by atoms with van der Waals surface area (Å²) in [6.07, 6.45) is 0. The molecule has 0 saturated carbocycles. The van der Waals surface area contributed by atoms with Crippen LogP contribution >= 0.6 is 0 Å². The molecule has 9 heavy (non-hydrogen) atoms. The molecule has 1 aromatic carbocycles. The zero-order chi connectivity index (χ0) is 6.53. The first-order valence-electron chi connectivity index (χ1n) is 2.91.